The summed E-state index contributed by atoms with van der Waals surface area (Å²) in [5.74, 6) is 0.752. The van der Waals surface area contributed by atoms with E-state index in [0.29, 0.717) is 5.17 Å². The number of amides is 1. The Morgan fingerprint density at radius 1 is 1.44 bits per heavy atom. The average molecular weight is 279 g/mol. The molecule has 0 spiro atoms. The van der Waals surface area contributed by atoms with Crippen LogP contribution in [-0.2, 0) is 4.79 Å². The molecular formula is C12H13N3OS2. The van der Waals surface area contributed by atoms with Crippen molar-refractivity contribution in [3.05, 3.63) is 30.3 Å². The number of hydrogen-bond acceptors (Lipinski definition) is 5. The van der Waals surface area contributed by atoms with Crippen molar-refractivity contribution in [3.8, 4) is 0 Å². The number of carbonyl (C=O) groups excluding carboxylic acids is 1. The third kappa shape index (κ3) is 3.89. The minimum atomic E-state index is -0.0716. The molecule has 1 aromatic rings. The molecule has 18 heavy (non-hydrogen) atoms. The van der Waals surface area contributed by atoms with Gasteiger partial charge in [0.1, 0.15) is 0 Å². The summed E-state index contributed by atoms with van der Waals surface area (Å²) in [5, 5.41) is 11.1. The predicted octanol–water partition coefficient (Wildman–Crippen LogP) is 2.37. The summed E-state index contributed by atoms with van der Waals surface area (Å²) in [5.41, 5.74) is 0. The van der Waals surface area contributed by atoms with E-state index in [1.807, 2.05) is 25.1 Å². The number of thioether (sulfide) groups is 2. The van der Waals surface area contributed by atoms with Gasteiger partial charge in [-0.05, 0) is 19.1 Å². The van der Waals surface area contributed by atoms with Crippen LogP contribution in [0.3, 0.4) is 0 Å². The number of amidine groups is 1. The van der Waals surface area contributed by atoms with E-state index in [4.69, 9.17) is 0 Å². The fourth-order valence-electron chi connectivity index (χ4n) is 1.28. The van der Waals surface area contributed by atoms with Crippen LogP contribution in [0, 0.1) is 0 Å². The zero-order valence-electron chi connectivity index (χ0n) is 9.87. The third-order valence-electron chi connectivity index (χ3n) is 2.19. The first kappa shape index (κ1) is 13.2. The lowest BCUT2D eigenvalue weighted by Crippen LogP contribution is -2.23. The Bertz CT molecular complexity index is 473. The molecule has 1 saturated heterocycles. The van der Waals surface area contributed by atoms with Crippen molar-refractivity contribution in [3.63, 3.8) is 0 Å². The van der Waals surface area contributed by atoms with Gasteiger partial charge in [-0.2, -0.15) is 5.10 Å². The molecule has 0 aromatic heterocycles. The third-order valence-corrected chi connectivity index (χ3v) is 4.08. The van der Waals surface area contributed by atoms with Crippen LogP contribution in [0.1, 0.15) is 6.92 Å². The predicted molar refractivity (Wildman–Crippen MR) is 78.3 cm³/mol. The number of nitrogens with zero attached hydrogens (tertiary/aromatic N) is 2. The lowest BCUT2D eigenvalue weighted by Gasteiger charge is -1.95. The van der Waals surface area contributed by atoms with Gasteiger partial charge >= 0.3 is 0 Å². The molecule has 0 bridgehead atoms. The normalized spacial score (nSPS) is 21.7. The summed E-state index contributed by atoms with van der Waals surface area (Å²) < 4.78 is 0. The number of benzene rings is 1. The molecule has 1 aliphatic heterocycles. The van der Waals surface area contributed by atoms with Crippen molar-refractivity contribution in [2.45, 2.75) is 17.1 Å². The van der Waals surface area contributed by atoms with E-state index in [-0.39, 0.29) is 11.2 Å². The molecule has 1 N–H and O–H groups in total. The van der Waals surface area contributed by atoms with E-state index in [1.54, 1.807) is 18.0 Å². The van der Waals surface area contributed by atoms with Gasteiger partial charge in [-0.1, -0.05) is 30.0 Å². The summed E-state index contributed by atoms with van der Waals surface area (Å²) in [7, 11) is 0. The number of carbonyl (C=O) groups is 1. The fraction of sp³-hybridized carbons (Fsp3) is 0.250. The molecular weight excluding hydrogens is 266 g/mol. The van der Waals surface area contributed by atoms with Crippen LogP contribution in [-0.4, -0.2) is 28.3 Å². The molecule has 94 valence electrons. The highest BCUT2D eigenvalue weighted by atomic mass is 32.2. The van der Waals surface area contributed by atoms with Gasteiger partial charge in [-0.3, -0.25) is 4.79 Å². The Morgan fingerprint density at radius 2 is 2.22 bits per heavy atom. The van der Waals surface area contributed by atoms with E-state index in [1.165, 1.54) is 16.7 Å². The van der Waals surface area contributed by atoms with E-state index in [2.05, 4.69) is 27.7 Å². The molecule has 1 heterocycles. The standard InChI is InChI=1S/C12H13N3OS2/c1-9-11(16)14-12(18-9)15-13-7-8-17-10-5-3-2-4-6-10/h2-7,9H,8H2,1H3,(H,14,15,16)/b13-7+. The monoisotopic (exact) mass is 279 g/mol. The van der Waals surface area contributed by atoms with Crippen LogP contribution in [0.5, 0.6) is 0 Å². The topological polar surface area (TPSA) is 53.8 Å². The Morgan fingerprint density at radius 3 is 2.89 bits per heavy atom. The molecule has 1 unspecified atom stereocenters. The van der Waals surface area contributed by atoms with Crippen LogP contribution in [0.2, 0.25) is 0 Å². The first-order chi connectivity index (χ1) is 8.75. The van der Waals surface area contributed by atoms with E-state index < -0.39 is 0 Å². The lowest BCUT2D eigenvalue weighted by molar-refractivity contribution is -0.118. The minimum absolute atomic E-state index is 0.00684. The molecule has 0 radical (unpaired) electrons. The molecule has 2 rings (SSSR count). The summed E-state index contributed by atoms with van der Waals surface area (Å²) in [6.07, 6.45) is 1.74. The zero-order chi connectivity index (χ0) is 12.8. The maximum absolute atomic E-state index is 11.2. The summed E-state index contributed by atoms with van der Waals surface area (Å²) >= 11 is 3.09. The maximum atomic E-state index is 11.2. The van der Waals surface area contributed by atoms with Crippen molar-refractivity contribution < 1.29 is 4.79 Å². The highest BCUT2D eigenvalue weighted by molar-refractivity contribution is 8.15. The Labute approximate surface area is 114 Å². The van der Waals surface area contributed by atoms with Gasteiger partial charge in [0.05, 0.1) is 5.25 Å². The van der Waals surface area contributed by atoms with Crippen molar-refractivity contribution in [1.82, 2.24) is 5.32 Å². The van der Waals surface area contributed by atoms with Gasteiger partial charge in [-0.25, -0.2) is 0 Å². The van der Waals surface area contributed by atoms with Crippen LogP contribution >= 0.6 is 23.5 Å². The molecule has 0 saturated carbocycles. The molecule has 1 aromatic carbocycles. The van der Waals surface area contributed by atoms with Crippen molar-refractivity contribution in [1.29, 1.82) is 0 Å². The molecule has 1 fully saturated rings. The molecule has 4 nitrogen and oxygen atoms in total. The van der Waals surface area contributed by atoms with Gasteiger partial charge in [0, 0.05) is 16.9 Å². The zero-order valence-corrected chi connectivity index (χ0v) is 11.5. The van der Waals surface area contributed by atoms with Crippen LogP contribution < -0.4 is 5.32 Å². The highest BCUT2D eigenvalue weighted by Crippen LogP contribution is 2.18. The van der Waals surface area contributed by atoms with E-state index in [9.17, 15) is 4.79 Å². The van der Waals surface area contributed by atoms with Gasteiger partial charge in [-0.15, -0.1) is 16.9 Å². The van der Waals surface area contributed by atoms with Gasteiger partial charge in [0.15, 0.2) is 5.17 Å². The number of nitrogens with one attached hydrogen (secondary N) is 1. The van der Waals surface area contributed by atoms with Crippen molar-refractivity contribution in [2.24, 2.45) is 10.2 Å². The van der Waals surface area contributed by atoms with Crippen LogP contribution in [0.25, 0.3) is 0 Å². The molecule has 1 atom stereocenters. The second-order valence-electron chi connectivity index (χ2n) is 3.58. The number of hydrogen-bond donors (Lipinski definition) is 1. The molecule has 0 aliphatic carbocycles. The minimum Gasteiger partial charge on any atom is -0.303 e. The Balaban J connectivity index is 1.76. The fourth-order valence-corrected chi connectivity index (χ4v) is 2.72. The van der Waals surface area contributed by atoms with Gasteiger partial charge in [0.25, 0.3) is 0 Å². The highest BCUT2D eigenvalue weighted by Gasteiger charge is 2.25. The summed E-state index contributed by atoms with van der Waals surface area (Å²) in [4.78, 5) is 12.4. The maximum Gasteiger partial charge on any atom is 0.239 e. The van der Waals surface area contributed by atoms with Gasteiger partial charge in [0.2, 0.25) is 5.91 Å². The summed E-state index contributed by atoms with van der Waals surface area (Å²) in [6, 6.07) is 10.1. The number of rotatable bonds is 4. The second kappa shape index (κ2) is 6.61. The molecule has 1 amide bonds. The smallest absolute Gasteiger partial charge is 0.239 e. The summed E-state index contributed by atoms with van der Waals surface area (Å²) in [6.45, 7) is 1.84. The second-order valence-corrected chi connectivity index (χ2v) is 6.00. The SMILES string of the molecule is CC1S/C(=N\N=C\CSc2ccccc2)NC1=O. The molecule has 1 aliphatic rings. The van der Waals surface area contributed by atoms with E-state index >= 15 is 0 Å². The largest absolute Gasteiger partial charge is 0.303 e. The molecule has 6 heteroatoms. The first-order valence-corrected chi connectivity index (χ1v) is 7.37. The first-order valence-electron chi connectivity index (χ1n) is 5.50. The lowest BCUT2D eigenvalue weighted by atomic mass is 10.4. The quantitative estimate of drug-likeness (QED) is 0.523. The van der Waals surface area contributed by atoms with E-state index in [0.717, 1.165) is 5.75 Å². The van der Waals surface area contributed by atoms with Crippen molar-refractivity contribution >= 4 is 40.8 Å². The van der Waals surface area contributed by atoms with Crippen LogP contribution in [0.4, 0.5) is 0 Å². The Kier molecular flexibility index (Phi) is 4.83. The van der Waals surface area contributed by atoms with Crippen molar-refractivity contribution in [2.75, 3.05) is 5.75 Å². The average Bonchev–Trinajstić information content (AvgIpc) is 2.70. The van der Waals surface area contributed by atoms with Gasteiger partial charge < -0.3 is 5.32 Å². The van der Waals surface area contributed by atoms with Crippen LogP contribution in [0.15, 0.2) is 45.4 Å². The Hall–Kier alpha value is -1.27.